The highest BCUT2D eigenvalue weighted by atomic mass is 16.2. The highest BCUT2D eigenvalue weighted by Crippen LogP contribution is 2.22. The van der Waals surface area contributed by atoms with E-state index >= 15 is 0 Å². The van der Waals surface area contributed by atoms with Crippen molar-refractivity contribution in [3.63, 3.8) is 0 Å². The monoisotopic (exact) mass is 375 g/mol. The van der Waals surface area contributed by atoms with Crippen molar-refractivity contribution in [2.24, 2.45) is 0 Å². The molecule has 5 nitrogen and oxygen atoms in total. The van der Waals surface area contributed by atoms with Crippen molar-refractivity contribution in [1.29, 1.82) is 0 Å². The first-order chi connectivity index (χ1) is 13.3. The normalized spacial score (nSPS) is 11.1. The number of amides is 2. The first-order valence-electron chi connectivity index (χ1n) is 9.26. The van der Waals surface area contributed by atoms with Gasteiger partial charge >= 0.3 is 0 Å². The third kappa shape index (κ3) is 5.10. The molecule has 3 rings (SSSR count). The molecule has 0 saturated heterocycles. The van der Waals surface area contributed by atoms with Gasteiger partial charge in [0.05, 0.1) is 6.54 Å². The van der Waals surface area contributed by atoms with Gasteiger partial charge in [0.1, 0.15) is 0 Å². The van der Waals surface area contributed by atoms with E-state index in [0.29, 0.717) is 11.3 Å². The summed E-state index contributed by atoms with van der Waals surface area (Å²) in [4.78, 5) is 24.4. The average Bonchev–Trinajstić information content (AvgIpc) is 2.65. The number of carbonyl (C=O) groups excluding carboxylic acids is 2. The van der Waals surface area contributed by atoms with Gasteiger partial charge in [-0.1, -0.05) is 36.4 Å². The Kier molecular flexibility index (Phi) is 5.64. The number of fused-ring (bicyclic) bond motifs is 1. The van der Waals surface area contributed by atoms with Crippen LogP contribution in [0.2, 0.25) is 0 Å². The zero-order chi connectivity index (χ0) is 20.1. The Hall–Kier alpha value is -3.34. The van der Waals surface area contributed by atoms with Crippen LogP contribution < -0.4 is 16.0 Å². The van der Waals surface area contributed by atoms with Crippen molar-refractivity contribution in [2.75, 3.05) is 17.2 Å². The van der Waals surface area contributed by atoms with Gasteiger partial charge < -0.3 is 16.0 Å². The van der Waals surface area contributed by atoms with E-state index in [4.69, 9.17) is 0 Å². The average molecular weight is 375 g/mol. The van der Waals surface area contributed by atoms with Crippen molar-refractivity contribution in [3.8, 4) is 0 Å². The lowest BCUT2D eigenvalue weighted by Gasteiger charge is -2.20. The molecule has 3 aromatic rings. The summed E-state index contributed by atoms with van der Waals surface area (Å²) in [6.45, 7) is 5.95. The molecule has 5 heteroatoms. The standard InChI is InChI=1S/C23H25N3O2/c1-23(2,3)26-22(28)17-11-13-18(14-12-17)25-21(27)15-24-20-10-6-8-16-7-4-5-9-19(16)20/h4-14,24H,15H2,1-3H3,(H,25,27)(H,26,28). The molecular weight excluding hydrogens is 350 g/mol. The van der Waals surface area contributed by atoms with E-state index in [2.05, 4.69) is 16.0 Å². The Labute approximate surface area is 165 Å². The van der Waals surface area contributed by atoms with E-state index in [-0.39, 0.29) is 23.9 Å². The van der Waals surface area contributed by atoms with Crippen LogP contribution in [0.1, 0.15) is 31.1 Å². The minimum Gasteiger partial charge on any atom is -0.376 e. The van der Waals surface area contributed by atoms with Crippen LogP contribution in [0.3, 0.4) is 0 Å². The molecule has 0 aromatic heterocycles. The molecular formula is C23H25N3O2. The topological polar surface area (TPSA) is 70.2 Å². The molecule has 0 bridgehead atoms. The van der Waals surface area contributed by atoms with Crippen LogP contribution >= 0.6 is 0 Å². The maximum absolute atomic E-state index is 12.3. The number of hydrogen-bond acceptors (Lipinski definition) is 3. The minimum absolute atomic E-state index is 0.136. The van der Waals surface area contributed by atoms with Crippen LogP contribution in [0.15, 0.2) is 66.7 Å². The molecule has 0 aliphatic carbocycles. The second-order valence-electron chi connectivity index (χ2n) is 7.71. The third-order valence-corrected chi connectivity index (χ3v) is 4.15. The van der Waals surface area contributed by atoms with Gasteiger partial charge in [-0.2, -0.15) is 0 Å². The lowest BCUT2D eigenvalue weighted by Crippen LogP contribution is -2.40. The van der Waals surface area contributed by atoms with Crippen molar-refractivity contribution >= 4 is 34.0 Å². The number of carbonyl (C=O) groups is 2. The van der Waals surface area contributed by atoms with E-state index in [0.717, 1.165) is 16.5 Å². The van der Waals surface area contributed by atoms with Crippen molar-refractivity contribution < 1.29 is 9.59 Å². The molecule has 0 atom stereocenters. The fraction of sp³-hybridized carbons (Fsp3) is 0.217. The van der Waals surface area contributed by atoms with Crippen molar-refractivity contribution in [2.45, 2.75) is 26.3 Å². The molecule has 3 N–H and O–H groups in total. The van der Waals surface area contributed by atoms with Crippen LogP contribution in [0.25, 0.3) is 10.8 Å². The van der Waals surface area contributed by atoms with Gasteiger partial charge in [-0.05, 0) is 56.5 Å². The fourth-order valence-electron chi connectivity index (χ4n) is 2.88. The molecule has 3 aromatic carbocycles. The predicted octanol–water partition coefficient (Wildman–Crippen LogP) is 4.42. The largest absolute Gasteiger partial charge is 0.376 e. The molecule has 0 aliphatic heterocycles. The Balaban J connectivity index is 1.58. The Morgan fingerprint density at radius 3 is 2.25 bits per heavy atom. The van der Waals surface area contributed by atoms with Crippen LogP contribution in [-0.4, -0.2) is 23.9 Å². The number of nitrogens with one attached hydrogen (secondary N) is 3. The highest BCUT2D eigenvalue weighted by Gasteiger charge is 2.15. The molecule has 0 aliphatic rings. The Morgan fingerprint density at radius 2 is 1.54 bits per heavy atom. The zero-order valence-corrected chi connectivity index (χ0v) is 16.4. The molecule has 0 radical (unpaired) electrons. The zero-order valence-electron chi connectivity index (χ0n) is 16.4. The third-order valence-electron chi connectivity index (χ3n) is 4.15. The molecule has 144 valence electrons. The molecule has 0 heterocycles. The van der Waals surface area contributed by atoms with Gasteiger partial charge in [0.25, 0.3) is 5.91 Å². The molecule has 0 fully saturated rings. The molecule has 0 spiro atoms. The second-order valence-corrected chi connectivity index (χ2v) is 7.71. The number of benzene rings is 3. The summed E-state index contributed by atoms with van der Waals surface area (Å²) >= 11 is 0. The summed E-state index contributed by atoms with van der Waals surface area (Å²) in [6, 6.07) is 20.9. The summed E-state index contributed by atoms with van der Waals surface area (Å²) in [7, 11) is 0. The second kappa shape index (κ2) is 8.13. The van der Waals surface area contributed by atoms with Crippen molar-refractivity contribution in [1.82, 2.24) is 5.32 Å². The molecule has 2 amide bonds. The number of anilines is 2. The van der Waals surface area contributed by atoms with Gasteiger partial charge in [0.2, 0.25) is 5.91 Å². The van der Waals surface area contributed by atoms with E-state index in [1.165, 1.54) is 0 Å². The van der Waals surface area contributed by atoms with Crippen molar-refractivity contribution in [3.05, 3.63) is 72.3 Å². The Morgan fingerprint density at radius 1 is 0.857 bits per heavy atom. The van der Waals surface area contributed by atoms with E-state index < -0.39 is 0 Å². The van der Waals surface area contributed by atoms with Gasteiger partial charge in [-0.15, -0.1) is 0 Å². The van der Waals surface area contributed by atoms with Crippen LogP contribution in [0.4, 0.5) is 11.4 Å². The fourth-order valence-corrected chi connectivity index (χ4v) is 2.88. The lowest BCUT2D eigenvalue weighted by atomic mass is 10.1. The summed E-state index contributed by atoms with van der Waals surface area (Å²) in [5, 5.41) is 11.1. The van der Waals surface area contributed by atoms with Crippen LogP contribution in [0.5, 0.6) is 0 Å². The molecule has 0 unspecified atom stereocenters. The van der Waals surface area contributed by atoms with E-state index in [1.54, 1.807) is 24.3 Å². The van der Waals surface area contributed by atoms with Gasteiger partial charge in [-0.3, -0.25) is 9.59 Å². The highest BCUT2D eigenvalue weighted by molar-refractivity contribution is 5.99. The summed E-state index contributed by atoms with van der Waals surface area (Å²) in [5.74, 6) is -0.289. The predicted molar refractivity (Wildman–Crippen MR) is 115 cm³/mol. The van der Waals surface area contributed by atoms with Gasteiger partial charge in [0, 0.05) is 27.9 Å². The maximum Gasteiger partial charge on any atom is 0.251 e. The number of hydrogen-bond donors (Lipinski definition) is 3. The minimum atomic E-state index is -0.294. The quantitative estimate of drug-likeness (QED) is 0.618. The van der Waals surface area contributed by atoms with E-state index in [9.17, 15) is 9.59 Å². The van der Waals surface area contributed by atoms with Crippen LogP contribution in [0, 0.1) is 0 Å². The van der Waals surface area contributed by atoms with Gasteiger partial charge in [0.15, 0.2) is 0 Å². The van der Waals surface area contributed by atoms with Gasteiger partial charge in [-0.25, -0.2) is 0 Å². The number of rotatable bonds is 5. The summed E-state index contributed by atoms with van der Waals surface area (Å²) in [6.07, 6.45) is 0. The summed E-state index contributed by atoms with van der Waals surface area (Å²) < 4.78 is 0. The van der Waals surface area contributed by atoms with Crippen LogP contribution in [-0.2, 0) is 4.79 Å². The lowest BCUT2D eigenvalue weighted by molar-refractivity contribution is -0.114. The SMILES string of the molecule is CC(C)(C)NC(=O)c1ccc(NC(=O)CNc2cccc3ccccc23)cc1. The molecule has 28 heavy (non-hydrogen) atoms. The summed E-state index contributed by atoms with van der Waals surface area (Å²) in [5.41, 5.74) is 1.83. The maximum atomic E-state index is 12.3. The van der Waals surface area contributed by atoms with E-state index in [1.807, 2.05) is 63.2 Å². The first-order valence-corrected chi connectivity index (χ1v) is 9.26. The smallest absolute Gasteiger partial charge is 0.251 e. The molecule has 0 saturated carbocycles. The first kappa shape index (κ1) is 19.4. The Bertz CT molecular complexity index is 983.